The summed E-state index contributed by atoms with van der Waals surface area (Å²) in [5, 5.41) is 1.15. The number of benzene rings is 2. The summed E-state index contributed by atoms with van der Waals surface area (Å²) in [6.45, 7) is 5.99. The largest absolute Gasteiger partial charge is 0.336 e. The summed E-state index contributed by atoms with van der Waals surface area (Å²) >= 11 is 0. The Bertz CT molecular complexity index is 982. The topological polar surface area (TPSA) is 4.93 Å². The minimum Gasteiger partial charge on any atom is -0.336 e. The van der Waals surface area contributed by atoms with Gasteiger partial charge in [0.25, 0.3) is 0 Å². The molecule has 3 aromatic rings. The van der Waals surface area contributed by atoms with Gasteiger partial charge in [0.15, 0.2) is 0 Å². The van der Waals surface area contributed by atoms with Gasteiger partial charge in [0.1, 0.15) is 62.8 Å². The Hall–Kier alpha value is -1.24. The van der Waals surface area contributed by atoms with Crippen LogP contribution in [0.3, 0.4) is 0 Å². The van der Waals surface area contributed by atoms with Crippen molar-refractivity contribution >= 4 is 128 Å². The Labute approximate surface area is 159 Å². The highest BCUT2D eigenvalue weighted by molar-refractivity contribution is 6.71. The molecule has 9 heteroatoms. The highest BCUT2D eigenvalue weighted by atomic mass is 15.1. The molecule has 0 bridgehead atoms. The van der Waals surface area contributed by atoms with E-state index < -0.39 is 5.54 Å². The molecule has 0 N–H and O–H groups in total. The molecule has 3 rings (SSSR count). The van der Waals surface area contributed by atoms with Crippen LogP contribution in [0, 0.1) is 0 Å². The van der Waals surface area contributed by atoms with Crippen LogP contribution < -0.4 is 43.7 Å². The number of hydrogen-bond acceptors (Lipinski definition) is 0. The Kier molecular flexibility index (Phi) is 4.18. The fraction of sp³-hybridized carbons (Fsp3) is 0.250. The maximum Gasteiger partial charge on any atom is 0.115 e. The van der Waals surface area contributed by atoms with E-state index in [4.69, 9.17) is 62.8 Å². The molecule has 0 atom stereocenters. The third kappa shape index (κ3) is 2.34. The lowest BCUT2D eigenvalue weighted by Crippen LogP contribution is -2.49. The first-order valence-electron chi connectivity index (χ1n) is 7.73. The zero-order chi connectivity index (χ0) is 19.0. The second kappa shape index (κ2) is 5.63. The summed E-state index contributed by atoms with van der Waals surface area (Å²) in [6.07, 6.45) is 0. The van der Waals surface area contributed by atoms with Crippen LogP contribution in [0.4, 0.5) is 0 Å². The van der Waals surface area contributed by atoms with Gasteiger partial charge >= 0.3 is 0 Å². The van der Waals surface area contributed by atoms with E-state index in [1.54, 1.807) is 0 Å². The van der Waals surface area contributed by atoms with Crippen molar-refractivity contribution in [3.8, 4) is 0 Å². The summed E-state index contributed by atoms with van der Waals surface area (Å²) in [7, 11) is 49.4. The molecule has 0 spiro atoms. The third-order valence-corrected chi connectivity index (χ3v) is 4.63. The van der Waals surface area contributed by atoms with Crippen molar-refractivity contribution in [2.75, 3.05) is 0 Å². The molecule has 2 aromatic carbocycles. The van der Waals surface area contributed by atoms with Crippen LogP contribution in [-0.2, 0) is 5.54 Å². The summed E-state index contributed by atoms with van der Waals surface area (Å²) in [6, 6.07) is 0. The lowest BCUT2D eigenvalue weighted by molar-refractivity contribution is 0.424. The molecule has 0 aliphatic rings. The maximum absolute atomic E-state index is 6.30. The van der Waals surface area contributed by atoms with Crippen molar-refractivity contribution in [3.05, 3.63) is 0 Å². The van der Waals surface area contributed by atoms with E-state index in [0.717, 1.165) is 0 Å². The van der Waals surface area contributed by atoms with Gasteiger partial charge < -0.3 is 4.57 Å². The predicted molar refractivity (Wildman–Crippen MR) is 118 cm³/mol. The maximum atomic E-state index is 6.30. The SMILES string of the molecule is [B]c1c([B])c([B])c2c(c1[B])c1c([B])c([B])c([B])c([B])c1n2C(C)(C)C. The van der Waals surface area contributed by atoms with Gasteiger partial charge in [0, 0.05) is 16.6 Å². The molecule has 0 aliphatic heterocycles. The zero-order valence-electron chi connectivity index (χ0n) is 14.6. The van der Waals surface area contributed by atoms with Gasteiger partial charge in [0.05, 0.1) is 0 Å². The monoisotopic (exact) mass is 303 g/mol. The van der Waals surface area contributed by atoms with Gasteiger partial charge in [0.2, 0.25) is 0 Å². The first-order valence-corrected chi connectivity index (χ1v) is 7.73. The van der Waals surface area contributed by atoms with Gasteiger partial charge in [-0.1, -0.05) is 21.9 Å². The summed E-state index contributed by atoms with van der Waals surface area (Å²) in [5.41, 5.74) is 2.81. The van der Waals surface area contributed by atoms with Crippen LogP contribution in [0.2, 0.25) is 0 Å². The molecule has 0 aliphatic carbocycles. The molecule has 0 saturated heterocycles. The predicted octanol–water partition coefficient (Wildman–Crippen LogP) is -5.10. The summed E-state index contributed by atoms with van der Waals surface area (Å²) < 4.78 is 1.93. The van der Waals surface area contributed by atoms with Crippen molar-refractivity contribution in [1.29, 1.82) is 0 Å². The minimum atomic E-state index is -0.424. The highest BCUT2D eigenvalue weighted by Crippen LogP contribution is 2.29. The summed E-state index contributed by atoms with van der Waals surface area (Å²) in [4.78, 5) is 0. The molecular formula is C16H9B8N. The van der Waals surface area contributed by atoms with Gasteiger partial charge in [-0.3, -0.25) is 0 Å². The molecule has 1 heterocycles. The van der Waals surface area contributed by atoms with Crippen molar-refractivity contribution in [2.45, 2.75) is 26.3 Å². The smallest absolute Gasteiger partial charge is 0.115 e. The Morgan fingerprint density at radius 1 is 0.480 bits per heavy atom. The van der Waals surface area contributed by atoms with Crippen LogP contribution in [0.15, 0.2) is 0 Å². The van der Waals surface area contributed by atoms with E-state index in [-0.39, 0.29) is 32.8 Å². The van der Waals surface area contributed by atoms with Crippen molar-refractivity contribution in [2.24, 2.45) is 0 Å². The summed E-state index contributed by atoms with van der Waals surface area (Å²) in [5.74, 6) is 0. The number of rotatable bonds is 0. The number of nitrogens with zero attached hydrogens (tertiary/aromatic N) is 1. The highest BCUT2D eigenvalue weighted by Gasteiger charge is 2.26. The molecule has 102 valence electrons. The number of hydrogen-bond donors (Lipinski definition) is 0. The molecule has 1 nitrogen and oxygen atoms in total. The lowest BCUT2D eigenvalue weighted by Gasteiger charge is -2.28. The molecule has 0 unspecified atom stereocenters. The van der Waals surface area contributed by atoms with Gasteiger partial charge in [-0.05, 0) is 31.5 Å². The van der Waals surface area contributed by atoms with Gasteiger partial charge in [-0.25, -0.2) is 0 Å². The molecule has 0 fully saturated rings. The minimum absolute atomic E-state index is 0.200. The molecule has 1 aromatic heterocycles. The second-order valence-electron chi connectivity index (χ2n) is 7.26. The fourth-order valence-electron chi connectivity index (χ4n) is 3.38. The van der Waals surface area contributed by atoms with E-state index in [1.165, 1.54) is 0 Å². The number of aromatic nitrogens is 1. The Morgan fingerprint density at radius 3 is 1.04 bits per heavy atom. The van der Waals surface area contributed by atoms with Crippen molar-refractivity contribution < 1.29 is 0 Å². The van der Waals surface area contributed by atoms with E-state index in [0.29, 0.717) is 32.7 Å². The van der Waals surface area contributed by atoms with Gasteiger partial charge in [-0.2, -0.15) is 0 Å². The first kappa shape index (κ1) is 18.5. The Balaban J connectivity index is 2.87. The van der Waals surface area contributed by atoms with Gasteiger partial charge in [-0.15, -0.1) is 21.9 Å². The quantitative estimate of drug-likeness (QED) is 0.366. The van der Waals surface area contributed by atoms with E-state index in [1.807, 2.05) is 25.3 Å². The van der Waals surface area contributed by atoms with Crippen LogP contribution in [0.25, 0.3) is 21.8 Å². The first-order chi connectivity index (χ1) is 11.4. The average Bonchev–Trinajstić information content (AvgIpc) is 2.90. The lowest BCUT2D eigenvalue weighted by atomic mass is 9.63. The van der Waals surface area contributed by atoms with E-state index >= 15 is 0 Å². The molecule has 16 radical (unpaired) electrons. The standard InChI is InChI=1S/C16H9B8N/c1-16(2,3)25-14-4(6(17)8(19)10(21)12(14)23)5-7(18)9(20)11(22)13(24)15(5)25/h1-3H3. The van der Waals surface area contributed by atoms with Crippen molar-refractivity contribution in [1.82, 2.24) is 4.57 Å². The molecular weight excluding hydrogens is 293 g/mol. The number of fused-ring (bicyclic) bond motifs is 3. The second-order valence-corrected chi connectivity index (χ2v) is 7.26. The van der Waals surface area contributed by atoms with Crippen LogP contribution in [0.5, 0.6) is 0 Å². The Morgan fingerprint density at radius 2 is 0.760 bits per heavy atom. The van der Waals surface area contributed by atoms with Crippen LogP contribution >= 0.6 is 0 Å². The van der Waals surface area contributed by atoms with Crippen LogP contribution in [0.1, 0.15) is 20.8 Å². The molecule has 0 saturated carbocycles. The van der Waals surface area contributed by atoms with E-state index in [2.05, 4.69) is 0 Å². The van der Waals surface area contributed by atoms with E-state index in [9.17, 15) is 0 Å². The fourth-order valence-corrected chi connectivity index (χ4v) is 3.38. The molecule has 25 heavy (non-hydrogen) atoms. The van der Waals surface area contributed by atoms with Crippen molar-refractivity contribution in [3.63, 3.8) is 0 Å². The molecule has 0 amide bonds. The normalized spacial score (nSPS) is 12.3. The third-order valence-electron chi connectivity index (χ3n) is 4.63. The zero-order valence-corrected chi connectivity index (χ0v) is 14.6. The van der Waals surface area contributed by atoms with Crippen LogP contribution in [-0.4, -0.2) is 67.3 Å². The average molecular weight is 302 g/mol.